The molecule has 0 aromatic rings. The number of carbonyl (C=O) groups excluding carboxylic acids is 2. The Morgan fingerprint density at radius 3 is 1.93 bits per heavy atom. The molecule has 2 amide bonds. The average molecular weight is 296 g/mol. The normalized spacial score (nSPS) is 12.8. The maximum absolute atomic E-state index is 11.3. The molecule has 0 aliphatic heterocycles. The molecule has 0 aromatic carbocycles. The molecule has 1 atom stereocenters. The number of rotatable bonds is 4. The molecular formula is C7H10Cl4N2O2. The van der Waals surface area contributed by atoms with Gasteiger partial charge in [-0.2, -0.15) is 0 Å². The fourth-order valence-electron chi connectivity index (χ4n) is 0.710. The number of nitrogens with zero attached hydrogens (tertiary/aromatic N) is 1. The van der Waals surface area contributed by atoms with Crippen molar-refractivity contribution in [1.82, 2.24) is 10.2 Å². The third-order valence-corrected chi connectivity index (χ3v) is 2.43. The summed E-state index contributed by atoms with van der Waals surface area (Å²) in [5.74, 6) is -1.11. The maximum Gasteiger partial charge on any atom is 0.257 e. The van der Waals surface area contributed by atoms with Gasteiger partial charge in [-0.1, -0.05) is 46.4 Å². The van der Waals surface area contributed by atoms with E-state index in [1.165, 1.54) is 11.9 Å². The van der Waals surface area contributed by atoms with Gasteiger partial charge in [-0.25, -0.2) is 0 Å². The highest BCUT2D eigenvalue weighted by Gasteiger charge is 2.23. The second kappa shape index (κ2) is 6.63. The smallest absolute Gasteiger partial charge is 0.257 e. The first-order valence-electron chi connectivity index (χ1n) is 3.90. The Balaban J connectivity index is 4.27. The molecule has 0 saturated carbocycles. The zero-order chi connectivity index (χ0) is 12.2. The van der Waals surface area contributed by atoms with Gasteiger partial charge in [0.1, 0.15) is 6.17 Å². The summed E-state index contributed by atoms with van der Waals surface area (Å²) < 4.78 is 0. The van der Waals surface area contributed by atoms with Crippen LogP contribution in [-0.2, 0) is 9.59 Å². The summed E-state index contributed by atoms with van der Waals surface area (Å²) in [5, 5.41) is 2.40. The first-order valence-corrected chi connectivity index (χ1v) is 5.65. The van der Waals surface area contributed by atoms with Crippen molar-refractivity contribution < 1.29 is 9.59 Å². The van der Waals surface area contributed by atoms with Gasteiger partial charge in [0.15, 0.2) is 9.67 Å². The van der Waals surface area contributed by atoms with Crippen molar-refractivity contribution in [2.24, 2.45) is 0 Å². The molecule has 88 valence electrons. The van der Waals surface area contributed by atoms with Crippen LogP contribution in [0.15, 0.2) is 0 Å². The van der Waals surface area contributed by atoms with Crippen LogP contribution in [0.25, 0.3) is 0 Å². The molecule has 0 saturated heterocycles. The molecule has 1 unspecified atom stereocenters. The van der Waals surface area contributed by atoms with E-state index < -0.39 is 27.7 Å². The van der Waals surface area contributed by atoms with Gasteiger partial charge >= 0.3 is 0 Å². The Morgan fingerprint density at radius 2 is 1.60 bits per heavy atom. The van der Waals surface area contributed by atoms with Crippen molar-refractivity contribution in [1.29, 1.82) is 0 Å². The Morgan fingerprint density at radius 1 is 1.13 bits per heavy atom. The number of halogens is 4. The molecule has 0 bridgehead atoms. The number of alkyl halides is 4. The maximum atomic E-state index is 11.3. The minimum absolute atomic E-state index is 0.521. The van der Waals surface area contributed by atoms with E-state index in [1.54, 1.807) is 6.92 Å². The van der Waals surface area contributed by atoms with Crippen LogP contribution < -0.4 is 5.32 Å². The van der Waals surface area contributed by atoms with Crippen LogP contribution in [0, 0.1) is 0 Å². The van der Waals surface area contributed by atoms with Crippen LogP contribution in [0.4, 0.5) is 0 Å². The second-order valence-corrected chi connectivity index (χ2v) is 4.93. The van der Waals surface area contributed by atoms with Gasteiger partial charge in [-0.15, -0.1) is 0 Å². The molecule has 0 radical (unpaired) electrons. The number of hydrogen-bond acceptors (Lipinski definition) is 2. The number of carbonyl (C=O) groups is 2. The molecule has 15 heavy (non-hydrogen) atoms. The fourth-order valence-corrected chi connectivity index (χ4v) is 1.14. The van der Waals surface area contributed by atoms with Crippen molar-refractivity contribution >= 4 is 58.2 Å². The van der Waals surface area contributed by atoms with Gasteiger partial charge < -0.3 is 10.2 Å². The fraction of sp³-hybridized carbons (Fsp3) is 0.714. The largest absolute Gasteiger partial charge is 0.334 e. The standard InChI is InChI=1S/C7H10Cl4N2O2/c1-3(12-6(14)4(8)9)13(2)7(15)5(10)11/h3-5H,1-2H3,(H,12,14). The lowest BCUT2D eigenvalue weighted by atomic mass is 10.4. The van der Waals surface area contributed by atoms with E-state index in [9.17, 15) is 9.59 Å². The van der Waals surface area contributed by atoms with Crippen LogP contribution in [0.3, 0.4) is 0 Å². The van der Waals surface area contributed by atoms with Crippen molar-refractivity contribution in [3.63, 3.8) is 0 Å². The SMILES string of the molecule is CC(NC(=O)C(Cl)Cl)N(C)C(=O)C(Cl)Cl. The zero-order valence-electron chi connectivity index (χ0n) is 8.01. The summed E-state index contributed by atoms with van der Waals surface area (Å²) in [6.07, 6.45) is -0.593. The van der Waals surface area contributed by atoms with E-state index >= 15 is 0 Å². The van der Waals surface area contributed by atoms with Gasteiger partial charge in [-0.05, 0) is 6.92 Å². The highest BCUT2D eigenvalue weighted by Crippen LogP contribution is 2.08. The summed E-state index contributed by atoms with van der Waals surface area (Å²) in [7, 11) is 1.45. The van der Waals surface area contributed by atoms with Crippen molar-refractivity contribution in [2.75, 3.05) is 7.05 Å². The molecule has 4 nitrogen and oxygen atoms in total. The van der Waals surface area contributed by atoms with Crippen LogP contribution in [0.1, 0.15) is 6.92 Å². The first-order chi connectivity index (χ1) is 6.77. The third kappa shape index (κ3) is 5.11. The van der Waals surface area contributed by atoms with Crippen LogP contribution in [0.2, 0.25) is 0 Å². The Bertz CT molecular complexity index is 247. The van der Waals surface area contributed by atoms with E-state index in [-0.39, 0.29) is 0 Å². The van der Waals surface area contributed by atoms with Crippen molar-refractivity contribution in [3.05, 3.63) is 0 Å². The van der Waals surface area contributed by atoms with E-state index in [2.05, 4.69) is 5.32 Å². The van der Waals surface area contributed by atoms with Gasteiger partial charge in [0.2, 0.25) is 0 Å². The Hall–Kier alpha value is 0.1000. The average Bonchev–Trinajstić information content (AvgIpc) is 2.14. The van der Waals surface area contributed by atoms with E-state index in [1.807, 2.05) is 0 Å². The van der Waals surface area contributed by atoms with Crippen molar-refractivity contribution in [2.45, 2.75) is 22.8 Å². The lowest BCUT2D eigenvalue weighted by molar-refractivity contribution is -0.131. The van der Waals surface area contributed by atoms with Crippen LogP contribution in [-0.4, -0.2) is 39.6 Å². The molecule has 0 aromatic heterocycles. The lowest BCUT2D eigenvalue weighted by Gasteiger charge is -2.26. The molecule has 0 spiro atoms. The van der Waals surface area contributed by atoms with E-state index in [4.69, 9.17) is 46.4 Å². The van der Waals surface area contributed by atoms with Gasteiger partial charge in [-0.3, -0.25) is 9.59 Å². The molecule has 0 fully saturated rings. The predicted molar refractivity (Wildman–Crippen MR) is 61.4 cm³/mol. The highest BCUT2D eigenvalue weighted by atomic mass is 35.5. The summed E-state index contributed by atoms with van der Waals surface area (Å²) in [4.78, 5) is 21.2. The summed E-state index contributed by atoms with van der Waals surface area (Å²) in [6, 6.07) is 0. The van der Waals surface area contributed by atoms with Gasteiger partial charge in [0.05, 0.1) is 0 Å². The predicted octanol–water partition coefficient (Wildman–Crippen LogP) is 1.51. The Kier molecular flexibility index (Phi) is 6.68. The molecule has 0 rings (SSSR count). The van der Waals surface area contributed by atoms with Gasteiger partial charge in [0.25, 0.3) is 11.8 Å². The minimum Gasteiger partial charge on any atom is -0.334 e. The zero-order valence-corrected chi connectivity index (χ0v) is 11.0. The molecule has 8 heteroatoms. The Labute approximate surface area is 108 Å². The van der Waals surface area contributed by atoms with Crippen LogP contribution in [0.5, 0.6) is 0 Å². The number of nitrogens with one attached hydrogen (secondary N) is 1. The number of amides is 2. The van der Waals surface area contributed by atoms with Gasteiger partial charge in [0, 0.05) is 7.05 Å². The highest BCUT2D eigenvalue weighted by molar-refractivity contribution is 6.54. The molecular weight excluding hydrogens is 286 g/mol. The molecule has 0 aliphatic carbocycles. The second-order valence-electron chi connectivity index (χ2n) is 2.74. The topological polar surface area (TPSA) is 49.4 Å². The van der Waals surface area contributed by atoms with E-state index in [0.29, 0.717) is 0 Å². The first kappa shape index (κ1) is 15.1. The summed E-state index contributed by atoms with van der Waals surface area (Å²) in [5.41, 5.74) is 0. The van der Waals surface area contributed by atoms with Crippen molar-refractivity contribution in [3.8, 4) is 0 Å². The van der Waals surface area contributed by atoms with Crippen LogP contribution >= 0.6 is 46.4 Å². The lowest BCUT2D eigenvalue weighted by Crippen LogP contribution is -2.49. The third-order valence-electron chi connectivity index (χ3n) is 1.66. The minimum atomic E-state index is -1.18. The van der Waals surface area contributed by atoms with E-state index in [0.717, 1.165) is 0 Å². The molecule has 0 aliphatic rings. The monoisotopic (exact) mass is 294 g/mol. The molecule has 0 heterocycles. The molecule has 1 N–H and O–H groups in total. The quantitative estimate of drug-likeness (QED) is 0.631. The summed E-state index contributed by atoms with van der Waals surface area (Å²) >= 11 is 21.4. The number of hydrogen-bond donors (Lipinski definition) is 1. The summed E-state index contributed by atoms with van der Waals surface area (Å²) in [6.45, 7) is 1.57.